The van der Waals surface area contributed by atoms with Gasteiger partial charge in [0.15, 0.2) is 23.7 Å². The number of ether oxygens (including phenoxy) is 1. The molecular formula is C27H33N9O3. The number of hydrogen-bond donors (Lipinski definition) is 3. The number of nitrogens with one attached hydrogen (secondary N) is 1. The molecule has 4 heterocycles. The summed E-state index contributed by atoms with van der Waals surface area (Å²) in [5.74, 6) is 1.79. The number of amides is 1. The number of unbranched alkanes of at least 4 members (excludes halogenated alkanes) is 3. The summed E-state index contributed by atoms with van der Waals surface area (Å²) >= 11 is 0. The van der Waals surface area contributed by atoms with Crippen LogP contribution in [0, 0.1) is 0 Å². The summed E-state index contributed by atoms with van der Waals surface area (Å²) in [6.07, 6.45) is 9.16. The number of fused-ring (bicyclic) bond motifs is 3. The van der Waals surface area contributed by atoms with Gasteiger partial charge in [-0.3, -0.25) is 4.79 Å². The van der Waals surface area contributed by atoms with E-state index in [9.17, 15) is 4.79 Å². The minimum atomic E-state index is -0.112. The molecule has 0 aliphatic rings. The molecule has 0 unspecified atom stereocenters. The molecular weight excluding hydrogens is 498 g/mol. The van der Waals surface area contributed by atoms with Crippen molar-refractivity contribution < 1.29 is 13.9 Å². The Labute approximate surface area is 225 Å². The molecule has 12 heteroatoms. The average Bonchev–Trinajstić information content (AvgIpc) is 3.71. The van der Waals surface area contributed by atoms with Gasteiger partial charge in [-0.1, -0.05) is 25.0 Å². The lowest BCUT2D eigenvalue weighted by molar-refractivity contribution is -0.123. The van der Waals surface area contributed by atoms with E-state index in [0.717, 1.165) is 56.0 Å². The first kappa shape index (κ1) is 26.2. The number of carbonyl (C=O) groups is 1. The van der Waals surface area contributed by atoms with Crippen molar-refractivity contribution in [2.24, 2.45) is 5.73 Å². The van der Waals surface area contributed by atoms with Crippen molar-refractivity contribution >= 4 is 28.5 Å². The van der Waals surface area contributed by atoms with Gasteiger partial charge in [-0.25, -0.2) is 9.67 Å². The summed E-state index contributed by atoms with van der Waals surface area (Å²) < 4.78 is 14.4. The quantitative estimate of drug-likeness (QED) is 0.183. The molecule has 0 fully saturated rings. The summed E-state index contributed by atoms with van der Waals surface area (Å²) in [4.78, 5) is 21.1. The smallest absolute Gasteiger partial charge is 0.257 e. The van der Waals surface area contributed by atoms with Crippen LogP contribution in [-0.2, 0) is 17.8 Å². The monoisotopic (exact) mass is 531 g/mol. The topological polar surface area (TPSA) is 164 Å². The minimum Gasteiger partial charge on any atom is -0.484 e. The van der Waals surface area contributed by atoms with Gasteiger partial charge >= 0.3 is 0 Å². The Balaban J connectivity index is 1.11. The first-order chi connectivity index (χ1) is 19.1. The zero-order valence-corrected chi connectivity index (χ0v) is 21.8. The third-order valence-electron chi connectivity index (χ3n) is 6.42. The van der Waals surface area contributed by atoms with Gasteiger partial charge in [0.05, 0.1) is 17.8 Å². The predicted molar refractivity (Wildman–Crippen MR) is 147 cm³/mol. The normalized spacial score (nSPS) is 11.4. The Bertz CT molecular complexity index is 1510. The SMILES string of the molecule is NCCCCCCNC(=O)COc1ccc(CCCn2ncc3c2nc(N)n2nc(-c4ccco4)nc32)cc1. The summed E-state index contributed by atoms with van der Waals surface area (Å²) in [6.45, 7) is 2.05. The maximum Gasteiger partial charge on any atom is 0.257 e. The van der Waals surface area contributed by atoms with Crippen LogP contribution in [0.25, 0.3) is 28.3 Å². The number of anilines is 1. The van der Waals surface area contributed by atoms with Crippen LogP contribution in [0.4, 0.5) is 5.95 Å². The van der Waals surface area contributed by atoms with Crippen molar-refractivity contribution in [1.82, 2.24) is 34.7 Å². The molecule has 0 atom stereocenters. The first-order valence-corrected chi connectivity index (χ1v) is 13.2. The Morgan fingerprint density at radius 3 is 2.67 bits per heavy atom. The van der Waals surface area contributed by atoms with Crippen molar-refractivity contribution in [1.29, 1.82) is 0 Å². The molecule has 0 bridgehead atoms. The molecule has 204 valence electrons. The number of benzene rings is 1. The number of nitrogen functional groups attached to an aromatic ring is 1. The van der Waals surface area contributed by atoms with Crippen molar-refractivity contribution in [2.45, 2.75) is 45.1 Å². The molecule has 0 saturated heterocycles. The lowest BCUT2D eigenvalue weighted by atomic mass is 10.1. The summed E-state index contributed by atoms with van der Waals surface area (Å²) in [5.41, 5.74) is 14.1. The van der Waals surface area contributed by atoms with Gasteiger partial charge in [-0.15, -0.1) is 5.10 Å². The predicted octanol–water partition coefficient (Wildman–Crippen LogP) is 2.96. The van der Waals surface area contributed by atoms with E-state index in [0.29, 0.717) is 41.7 Å². The zero-order chi connectivity index (χ0) is 27.0. The molecule has 0 spiro atoms. The number of aromatic nitrogens is 6. The highest BCUT2D eigenvalue weighted by Gasteiger charge is 2.17. The highest BCUT2D eigenvalue weighted by Crippen LogP contribution is 2.24. The van der Waals surface area contributed by atoms with E-state index in [-0.39, 0.29) is 18.5 Å². The van der Waals surface area contributed by atoms with Gasteiger partial charge in [0, 0.05) is 13.1 Å². The van der Waals surface area contributed by atoms with Gasteiger partial charge in [-0.05, 0) is 62.1 Å². The fourth-order valence-corrected chi connectivity index (χ4v) is 4.37. The van der Waals surface area contributed by atoms with E-state index >= 15 is 0 Å². The van der Waals surface area contributed by atoms with E-state index in [1.165, 1.54) is 4.52 Å². The highest BCUT2D eigenvalue weighted by molar-refractivity contribution is 5.90. The van der Waals surface area contributed by atoms with Crippen LogP contribution < -0.4 is 21.5 Å². The number of hydrogen-bond acceptors (Lipinski definition) is 9. The van der Waals surface area contributed by atoms with Gasteiger partial charge in [-0.2, -0.15) is 14.6 Å². The van der Waals surface area contributed by atoms with Crippen LogP contribution in [0.2, 0.25) is 0 Å². The van der Waals surface area contributed by atoms with E-state index in [4.69, 9.17) is 20.6 Å². The standard InChI is InChI=1S/C27H33N9O3/c28-13-3-1-2-4-14-30-23(37)18-39-20-11-9-19(10-12-20)7-5-15-35-25-21(17-31-35)26-32-24(22-8-6-16-38-22)34-36(26)27(29)33-25/h6,8-12,16-17H,1-5,7,13-15,18,28H2,(H2,29,33)(H,30,37). The summed E-state index contributed by atoms with van der Waals surface area (Å²) in [6, 6.07) is 11.4. The summed E-state index contributed by atoms with van der Waals surface area (Å²) in [5, 5.41) is 12.6. The molecule has 0 aliphatic heterocycles. The second-order valence-electron chi connectivity index (χ2n) is 9.31. The highest BCUT2D eigenvalue weighted by atomic mass is 16.5. The molecule has 0 aliphatic carbocycles. The number of rotatable bonds is 14. The lowest BCUT2D eigenvalue weighted by Gasteiger charge is -2.09. The molecule has 5 N–H and O–H groups in total. The molecule has 5 aromatic rings. The Morgan fingerprint density at radius 1 is 1.03 bits per heavy atom. The Morgan fingerprint density at radius 2 is 1.87 bits per heavy atom. The van der Waals surface area contributed by atoms with Gasteiger partial charge in [0.1, 0.15) is 5.75 Å². The lowest BCUT2D eigenvalue weighted by Crippen LogP contribution is -2.29. The van der Waals surface area contributed by atoms with Crippen LogP contribution in [0.15, 0.2) is 53.3 Å². The van der Waals surface area contributed by atoms with Crippen molar-refractivity contribution in [3.63, 3.8) is 0 Å². The van der Waals surface area contributed by atoms with E-state index in [2.05, 4.69) is 25.5 Å². The Kier molecular flexibility index (Phi) is 8.32. The fourth-order valence-electron chi connectivity index (χ4n) is 4.37. The molecule has 1 aromatic carbocycles. The van der Waals surface area contributed by atoms with E-state index in [1.54, 1.807) is 24.6 Å². The number of furan rings is 1. The zero-order valence-electron chi connectivity index (χ0n) is 21.8. The van der Waals surface area contributed by atoms with Crippen molar-refractivity contribution in [3.8, 4) is 17.3 Å². The van der Waals surface area contributed by atoms with E-state index < -0.39 is 0 Å². The number of nitrogens with two attached hydrogens (primary N) is 2. The molecule has 0 radical (unpaired) electrons. The minimum absolute atomic E-state index is 0.00692. The maximum atomic E-state index is 12.0. The molecule has 0 saturated carbocycles. The van der Waals surface area contributed by atoms with Crippen molar-refractivity contribution in [3.05, 3.63) is 54.4 Å². The van der Waals surface area contributed by atoms with Crippen LogP contribution in [0.1, 0.15) is 37.7 Å². The second kappa shape index (κ2) is 12.4. The van der Waals surface area contributed by atoms with Crippen LogP contribution >= 0.6 is 0 Å². The summed E-state index contributed by atoms with van der Waals surface area (Å²) in [7, 11) is 0. The van der Waals surface area contributed by atoms with Gasteiger partial charge in [0.25, 0.3) is 5.91 Å². The Hall–Kier alpha value is -4.45. The fraction of sp³-hybridized carbons (Fsp3) is 0.370. The molecule has 4 aromatic heterocycles. The largest absolute Gasteiger partial charge is 0.484 e. The molecule has 1 amide bonds. The molecule has 5 rings (SSSR count). The first-order valence-electron chi connectivity index (χ1n) is 13.2. The van der Waals surface area contributed by atoms with Gasteiger partial charge < -0.3 is 25.9 Å². The number of aryl methyl sites for hydroxylation is 2. The van der Waals surface area contributed by atoms with Crippen LogP contribution in [-0.4, -0.2) is 55.0 Å². The number of nitrogens with zero attached hydrogens (tertiary/aromatic N) is 6. The average molecular weight is 532 g/mol. The molecule has 39 heavy (non-hydrogen) atoms. The van der Waals surface area contributed by atoms with Crippen molar-refractivity contribution in [2.75, 3.05) is 25.4 Å². The van der Waals surface area contributed by atoms with E-state index in [1.807, 2.05) is 28.9 Å². The molecule has 12 nitrogen and oxygen atoms in total. The third-order valence-corrected chi connectivity index (χ3v) is 6.42. The van der Waals surface area contributed by atoms with Crippen LogP contribution in [0.3, 0.4) is 0 Å². The van der Waals surface area contributed by atoms with Crippen LogP contribution in [0.5, 0.6) is 5.75 Å². The van der Waals surface area contributed by atoms with Gasteiger partial charge in [0.2, 0.25) is 11.8 Å². The number of carbonyl (C=O) groups excluding carboxylic acids is 1. The third kappa shape index (κ3) is 6.34. The second-order valence-corrected chi connectivity index (χ2v) is 9.31. The maximum absolute atomic E-state index is 12.0.